The molecule has 0 spiro atoms. The quantitative estimate of drug-likeness (QED) is 0.0796. The van der Waals surface area contributed by atoms with Crippen LogP contribution in [0.3, 0.4) is 0 Å². The lowest BCUT2D eigenvalue weighted by Gasteiger charge is -2.33. The highest BCUT2D eigenvalue weighted by atomic mass is 17.0. The zero-order valence-corrected chi connectivity index (χ0v) is 31.4. The molecule has 0 aliphatic carbocycles. The van der Waals surface area contributed by atoms with Crippen LogP contribution in [0.1, 0.15) is 95.7 Å². The molecule has 3 atom stereocenters. The second-order valence-electron chi connectivity index (χ2n) is 13.4. The highest BCUT2D eigenvalue weighted by Crippen LogP contribution is 2.44. The summed E-state index contributed by atoms with van der Waals surface area (Å²) in [5, 5.41) is 22.4. The summed E-state index contributed by atoms with van der Waals surface area (Å²) in [6.45, 7) is 7.88. The van der Waals surface area contributed by atoms with Gasteiger partial charge in [0.1, 0.15) is 11.9 Å². The minimum absolute atomic E-state index is 0.0692. The predicted molar refractivity (Wildman–Crippen MR) is 194 cm³/mol. The molecule has 1 fully saturated rings. The maximum Gasteiger partial charge on any atom is 0.294 e. The van der Waals surface area contributed by atoms with Gasteiger partial charge in [-0.05, 0) is 101 Å². The van der Waals surface area contributed by atoms with Crippen LogP contribution >= 0.6 is 0 Å². The Labute approximate surface area is 303 Å². The third-order valence-corrected chi connectivity index (χ3v) is 10.1. The summed E-state index contributed by atoms with van der Waals surface area (Å²) in [6.07, 6.45) is 7.47. The van der Waals surface area contributed by atoms with E-state index in [1.54, 1.807) is 28.3 Å². The monoisotopic (exact) mass is 711 g/mol. The molecule has 1 heterocycles. The maximum absolute atomic E-state index is 12.5. The van der Waals surface area contributed by atoms with Gasteiger partial charge in [-0.1, -0.05) is 44.7 Å². The van der Waals surface area contributed by atoms with Crippen molar-refractivity contribution in [2.75, 3.05) is 54.6 Å². The van der Waals surface area contributed by atoms with Crippen molar-refractivity contribution in [3.05, 3.63) is 57.6 Å². The first-order valence-electron chi connectivity index (χ1n) is 18.0. The molecule has 1 aliphatic rings. The van der Waals surface area contributed by atoms with Crippen LogP contribution in [0.5, 0.6) is 23.0 Å². The Bertz CT molecular complexity index is 1400. The van der Waals surface area contributed by atoms with Crippen molar-refractivity contribution >= 4 is 5.91 Å². The van der Waals surface area contributed by atoms with Crippen LogP contribution in [-0.4, -0.2) is 81.6 Å². The van der Waals surface area contributed by atoms with Crippen LogP contribution in [0.4, 0.5) is 0 Å². The topological polar surface area (TPSA) is 149 Å². The fourth-order valence-corrected chi connectivity index (χ4v) is 6.78. The molecule has 1 aliphatic heterocycles. The number of ether oxygens (including phenoxy) is 4. The summed E-state index contributed by atoms with van der Waals surface area (Å²) in [6, 6.07) is 14.4. The van der Waals surface area contributed by atoms with E-state index < -0.39 is 16.6 Å². The van der Waals surface area contributed by atoms with Crippen LogP contribution in [0, 0.1) is 27.4 Å². The van der Waals surface area contributed by atoms with Crippen molar-refractivity contribution in [3.63, 3.8) is 0 Å². The van der Waals surface area contributed by atoms with Gasteiger partial charge in [0, 0.05) is 19.1 Å². The third kappa shape index (κ3) is 11.9. The molecular formula is C38H57N5O8. The van der Waals surface area contributed by atoms with Crippen molar-refractivity contribution in [2.45, 2.75) is 96.1 Å². The van der Waals surface area contributed by atoms with Crippen LogP contribution in [0.2, 0.25) is 0 Å². The molecule has 13 nitrogen and oxygen atoms in total. The third-order valence-electron chi connectivity index (χ3n) is 10.1. The van der Waals surface area contributed by atoms with E-state index in [-0.39, 0.29) is 24.5 Å². The lowest BCUT2D eigenvalue weighted by Crippen LogP contribution is -2.49. The number of hydrogen-bond acceptors (Lipinski definition) is 11. The second kappa shape index (κ2) is 20.5. The molecule has 51 heavy (non-hydrogen) atoms. The Balaban J connectivity index is 1.54. The molecule has 2 aromatic rings. The van der Waals surface area contributed by atoms with Crippen molar-refractivity contribution in [1.29, 1.82) is 5.26 Å². The van der Waals surface area contributed by atoms with Gasteiger partial charge in [0.2, 0.25) is 5.75 Å². The van der Waals surface area contributed by atoms with Crippen molar-refractivity contribution < 1.29 is 33.7 Å². The van der Waals surface area contributed by atoms with E-state index in [9.17, 15) is 20.2 Å². The Kier molecular flexibility index (Phi) is 16.6. The number of hydrazine groups is 1. The van der Waals surface area contributed by atoms with E-state index in [0.29, 0.717) is 55.4 Å². The molecule has 1 amide bonds. The van der Waals surface area contributed by atoms with Crippen LogP contribution in [0.25, 0.3) is 0 Å². The summed E-state index contributed by atoms with van der Waals surface area (Å²) >= 11 is 0. The van der Waals surface area contributed by atoms with Gasteiger partial charge in [0.25, 0.3) is 11.0 Å². The molecular weight excluding hydrogens is 654 g/mol. The van der Waals surface area contributed by atoms with Crippen LogP contribution in [-0.2, 0) is 15.0 Å². The number of carbonyl (C=O) groups is 1. The molecule has 1 N–H and O–H groups in total. The molecule has 1 saturated heterocycles. The average Bonchev–Trinajstić information content (AvgIpc) is 3.14. The molecule has 0 saturated carbocycles. The molecule has 3 unspecified atom stereocenters. The fraction of sp³-hybridized carbons (Fsp3) is 0.632. The minimum atomic E-state index is -0.749. The van der Waals surface area contributed by atoms with Crippen molar-refractivity contribution in [2.24, 2.45) is 5.92 Å². The zero-order valence-electron chi connectivity index (χ0n) is 31.4. The van der Waals surface area contributed by atoms with Gasteiger partial charge in [0.05, 0.1) is 32.8 Å². The normalized spacial score (nSPS) is 16.0. The first kappa shape index (κ1) is 41.1. The second-order valence-corrected chi connectivity index (χ2v) is 13.4. The maximum atomic E-state index is 12.5. The molecule has 282 valence electrons. The van der Waals surface area contributed by atoms with Gasteiger partial charge in [-0.3, -0.25) is 15.1 Å². The Hall–Kier alpha value is -4.28. The van der Waals surface area contributed by atoms with E-state index in [2.05, 4.69) is 42.1 Å². The van der Waals surface area contributed by atoms with E-state index in [1.165, 1.54) is 0 Å². The number of nitrogens with zero attached hydrogens (tertiary/aromatic N) is 4. The highest BCUT2D eigenvalue weighted by Gasteiger charge is 2.34. The lowest BCUT2D eigenvalue weighted by molar-refractivity contribution is -0.769. The fourth-order valence-electron chi connectivity index (χ4n) is 6.78. The Morgan fingerprint density at radius 2 is 1.67 bits per heavy atom. The standard InChI is InChI=1S/C38H57N5O8/c1-8-9-10-11-19-38(27-39,32-24-34(47-5)37(49-7)35(25-32)48-6)20-12-21-41(4)28(2)30-13-15-33(16-14-30)50-26-36(44)40-42-22-17-31(18-23-42)29(3)51-43(45)46/h13-16,24-25,28-29,31H,8-12,17-23,26H2,1-7H3,(H,40,44). The van der Waals surface area contributed by atoms with Gasteiger partial charge in [-0.25, -0.2) is 5.01 Å². The van der Waals surface area contributed by atoms with Gasteiger partial charge in [-0.2, -0.15) is 5.26 Å². The van der Waals surface area contributed by atoms with Crippen molar-refractivity contribution in [3.8, 4) is 29.1 Å². The number of benzene rings is 2. The van der Waals surface area contributed by atoms with E-state index in [4.69, 9.17) is 18.9 Å². The highest BCUT2D eigenvalue weighted by molar-refractivity contribution is 5.77. The molecule has 0 aromatic heterocycles. The van der Waals surface area contributed by atoms with E-state index in [0.717, 1.165) is 56.2 Å². The summed E-state index contributed by atoms with van der Waals surface area (Å²) < 4.78 is 22.6. The molecule has 0 radical (unpaired) electrons. The SMILES string of the molecule is CCCCCCC(C#N)(CCCN(C)C(C)c1ccc(OCC(=O)NN2CCC(C(C)O[N+](=O)[O-])CC2)cc1)c1cc(OC)c(OC)c(OC)c1. The van der Waals surface area contributed by atoms with Crippen molar-refractivity contribution in [1.82, 2.24) is 15.3 Å². The number of unbranched alkanes of at least 4 members (excludes halogenated alkanes) is 3. The summed E-state index contributed by atoms with van der Waals surface area (Å²) in [5.74, 6) is 2.02. The number of carbonyl (C=O) groups excluding carboxylic acids is 1. The molecule has 2 aromatic carbocycles. The first-order chi connectivity index (χ1) is 24.5. The predicted octanol–water partition coefficient (Wildman–Crippen LogP) is 6.64. The number of nitrogens with one attached hydrogen (secondary N) is 1. The number of amides is 1. The minimum Gasteiger partial charge on any atom is -0.493 e. The smallest absolute Gasteiger partial charge is 0.294 e. The average molecular weight is 712 g/mol. The van der Waals surface area contributed by atoms with E-state index in [1.807, 2.05) is 41.4 Å². The molecule has 3 rings (SSSR count). The first-order valence-corrected chi connectivity index (χ1v) is 18.0. The Morgan fingerprint density at radius 1 is 1.04 bits per heavy atom. The molecule has 0 bridgehead atoms. The number of hydrogen-bond donors (Lipinski definition) is 1. The van der Waals surface area contributed by atoms with Gasteiger partial charge in [0.15, 0.2) is 18.1 Å². The summed E-state index contributed by atoms with van der Waals surface area (Å²) in [7, 11) is 6.86. The lowest BCUT2D eigenvalue weighted by atomic mass is 9.73. The van der Waals surface area contributed by atoms with Gasteiger partial charge < -0.3 is 23.8 Å². The van der Waals surface area contributed by atoms with Gasteiger partial charge >= 0.3 is 0 Å². The van der Waals surface area contributed by atoms with Crippen LogP contribution in [0.15, 0.2) is 36.4 Å². The largest absolute Gasteiger partial charge is 0.493 e. The summed E-state index contributed by atoms with van der Waals surface area (Å²) in [4.78, 5) is 30.1. The zero-order chi connectivity index (χ0) is 37.4. The van der Waals surface area contributed by atoms with Gasteiger partial charge in [-0.15, -0.1) is 10.1 Å². The number of piperidine rings is 1. The molecule has 13 heteroatoms. The number of methoxy groups -OCH3 is 3. The number of nitriles is 1. The van der Waals surface area contributed by atoms with E-state index >= 15 is 0 Å². The van der Waals surface area contributed by atoms with Crippen LogP contribution < -0.4 is 24.4 Å². The Morgan fingerprint density at radius 3 is 2.22 bits per heavy atom. The summed E-state index contributed by atoms with van der Waals surface area (Å²) in [5.41, 5.74) is 4.16. The number of rotatable bonds is 22.